The number of nitrogens with one attached hydrogen (secondary N) is 1. The molecule has 7 heteroatoms. The smallest absolute Gasteiger partial charge is 0.329 e. The molecule has 2 heterocycles. The van der Waals surface area contributed by atoms with Crippen LogP contribution in [0.25, 0.3) is 0 Å². The summed E-state index contributed by atoms with van der Waals surface area (Å²) in [6, 6.07) is 7.77. The highest BCUT2D eigenvalue weighted by molar-refractivity contribution is 5.60. The van der Waals surface area contributed by atoms with Crippen LogP contribution in [-0.2, 0) is 6.54 Å². The molecule has 0 aliphatic carbocycles. The van der Waals surface area contributed by atoms with Gasteiger partial charge in [0.1, 0.15) is 5.75 Å². The Labute approximate surface area is 116 Å². The van der Waals surface area contributed by atoms with E-state index in [1.807, 2.05) is 29.2 Å². The van der Waals surface area contributed by atoms with E-state index in [4.69, 9.17) is 9.37 Å². The number of para-hydroxylation sites is 2. The fourth-order valence-corrected chi connectivity index (χ4v) is 2.21. The predicted molar refractivity (Wildman–Crippen MR) is 70.6 cm³/mol. The normalized spacial score (nSPS) is 14.3. The average Bonchev–Trinajstić information content (AvgIpc) is 2.94. The summed E-state index contributed by atoms with van der Waals surface area (Å²) in [5, 5.41) is 17.5. The molecule has 0 radical (unpaired) electrons. The van der Waals surface area contributed by atoms with E-state index in [1.165, 1.54) is 0 Å². The van der Waals surface area contributed by atoms with E-state index in [9.17, 15) is 5.21 Å². The van der Waals surface area contributed by atoms with Crippen molar-refractivity contribution in [3.05, 3.63) is 30.0 Å². The number of fused-ring (bicyclic) bond motifs is 1. The van der Waals surface area contributed by atoms with Gasteiger partial charge in [0.2, 0.25) is 0 Å². The van der Waals surface area contributed by atoms with E-state index < -0.39 is 0 Å². The Kier molecular flexibility index (Phi) is 3.42. The van der Waals surface area contributed by atoms with E-state index in [-0.39, 0.29) is 0 Å². The van der Waals surface area contributed by atoms with Crippen molar-refractivity contribution in [2.45, 2.75) is 19.9 Å². The van der Waals surface area contributed by atoms with E-state index >= 15 is 0 Å². The van der Waals surface area contributed by atoms with Crippen molar-refractivity contribution in [2.24, 2.45) is 0 Å². The number of hydroxylamine groups is 1. The third-order valence-electron chi connectivity index (χ3n) is 3.14. The molecule has 1 aromatic carbocycles. The van der Waals surface area contributed by atoms with Crippen LogP contribution in [0, 0.1) is 0 Å². The van der Waals surface area contributed by atoms with Crippen molar-refractivity contribution in [3.63, 3.8) is 0 Å². The van der Waals surface area contributed by atoms with Crippen LogP contribution < -0.4 is 19.9 Å². The third kappa shape index (κ3) is 2.27. The average molecular weight is 277 g/mol. The van der Waals surface area contributed by atoms with Gasteiger partial charge in [0.15, 0.2) is 6.67 Å². The molecule has 7 nitrogen and oxygen atoms in total. The van der Waals surface area contributed by atoms with Crippen molar-refractivity contribution in [1.82, 2.24) is 5.16 Å². The Morgan fingerprint density at radius 1 is 1.45 bits per heavy atom. The van der Waals surface area contributed by atoms with E-state index in [2.05, 4.69) is 17.2 Å². The van der Waals surface area contributed by atoms with Crippen molar-refractivity contribution < 1.29 is 19.7 Å². The van der Waals surface area contributed by atoms with Gasteiger partial charge in [-0.05, 0) is 18.6 Å². The first-order chi connectivity index (χ1) is 9.79. The first kappa shape index (κ1) is 12.7. The summed E-state index contributed by atoms with van der Waals surface area (Å²) >= 11 is 0. The van der Waals surface area contributed by atoms with Crippen molar-refractivity contribution in [2.75, 3.05) is 23.2 Å². The van der Waals surface area contributed by atoms with Crippen LogP contribution >= 0.6 is 0 Å². The van der Waals surface area contributed by atoms with Crippen molar-refractivity contribution >= 4 is 11.5 Å². The summed E-state index contributed by atoms with van der Waals surface area (Å²) in [5.41, 5.74) is 1.58. The number of hydrogen-bond acceptors (Lipinski definition) is 6. The summed E-state index contributed by atoms with van der Waals surface area (Å²) < 4.78 is 10.5. The molecule has 0 amide bonds. The maximum atomic E-state index is 9.97. The molecule has 2 aromatic rings. The number of H-pyrrole nitrogens is 1. The van der Waals surface area contributed by atoms with Crippen LogP contribution in [0.2, 0.25) is 0 Å². The second-order valence-electron chi connectivity index (χ2n) is 4.64. The predicted octanol–water partition coefficient (Wildman–Crippen LogP) is 1.45. The number of rotatable bonds is 4. The van der Waals surface area contributed by atoms with Crippen LogP contribution in [0.15, 0.2) is 28.9 Å². The number of aromatic amines is 1. The summed E-state index contributed by atoms with van der Waals surface area (Å²) in [6.45, 7) is 3.59. The Hall–Kier alpha value is -2.28. The fraction of sp³-hybridized carbons (Fsp3) is 0.385. The van der Waals surface area contributed by atoms with Crippen LogP contribution in [-0.4, -0.2) is 23.6 Å². The summed E-state index contributed by atoms with van der Waals surface area (Å²) in [6.07, 6.45) is 0.947. The molecule has 106 valence electrons. The first-order valence-electron chi connectivity index (χ1n) is 6.59. The van der Waals surface area contributed by atoms with Gasteiger partial charge in [-0.2, -0.15) is 0 Å². The highest BCUT2D eigenvalue weighted by Crippen LogP contribution is 2.32. The molecule has 3 rings (SSSR count). The SMILES string of the molecule is CCCOc1ccccc1N1Cc2no[nH+]c2N(O)C1. The summed E-state index contributed by atoms with van der Waals surface area (Å²) in [4.78, 5) is 1.98. The lowest BCUT2D eigenvalue weighted by molar-refractivity contribution is -0.614. The Balaban J connectivity index is 1.87. The Morgan fingerprint density at radius 3 is 3.15 bits per heavy atom. The van der Waals surface area contributed by atoms with Gasteiger partial charge in [-0.3, -0.25) is 0 Å². The lowest BCUT2D eigenvalue weighted by Gasteiger charge is -2.29. The Bertz CT molecular complexity index is 587. The molecule has 0 atom stereocenters. The zero-order chi connectivity index (χ0) is 13.9. The standard InChI is InChI=1S/C13H16N4O3/c1-2-7-19-12-6-4-3-5-11(12)16-8-10-13(15-20-14-10)17(18)9-16/h3-6,18H,2,7-9H2,1H3/p+1. The van der Waals surface area contributed by atoms with Crippen LogP contribution in [0.1, 0.15) is 19.0 Å². The molecule has 0 saturated heterocycles. The van der Waals surface area contributed by atoms with Crippen LogP contribution in [0.4, 0.5) is 11.5 Å². The molecule has 2 N–H and O–H groups in total. The second-order valence-corrected chi connectivity index (χ2v) is 4.64. The van der Waals surface area contributed by atoms with Crippen LogP contribution in [0.3, 0.4) is 0 Å². The zero-order valence-electron chi connectivity index (χ0n) is 11.2. The van der Waals surface area contributed by atoms with Gasteiger partial charge in [-0.1, -0.05) is 24.2 Å². The lowest BCUT2D eigenvalue weighted by Crippen LogP contribution is -2.42. The number of nitrogens with zero attached hydrogens (tertiary/aromatic N) is 3. The molecular formula is C13H17N4O3+. The molecule has 0 spiro atoms. The van der Waals surface area contributed by atoms with Gasteiger partial charge >= 0.3 is 5.82 Å². The molecule has 1 aromatic heterocycles. The number of aromatic nitrogens is 2. The molecule has 1 aliphatic rings. The second kappa shape index (κ2) is 5.38. The van der Waals surface area contributed by atoms with Crippen LogP contribution in [0.5, 0.6) is 5.75 Å². The molecule has 1 aliphatic heterocycles. The monoisotopic (exact) mass is 277 g/mol. The number of benzene rings is 1. The van der Waals surface area contributed by atoms with Crippen molar-refractivity contribution in [3.8, 4) is 5.75 Å². The lowest BCUT2D eigenvalue weighted by atomic mass is 10.2. The highest BCUT2D eigenvalue weighted by Gasteiger charge is 2.33. The largest absolute Gasteiger partial charge is 0.491 e. The Morgan fingerprint density at radius 2 is 2.30 bits per heavy atom. The number of anilines is 2. The molecule has 20 heavy (non-hydrogen) atoms. The van der Waals surface area contributed by atoms with Gasteiger partial charge in [0, 0.05) is 0 Å². The number of hydrogen-bond donors (Lipinski definition) is 1. The van der Waals surface area contributed by atoms with E-state index in [1.54, 1.807) is 0 Å². The molecule has 0 saturated carbocycles. The maximum Gasteiger partial charge on any atom is 0.329 e. The number of ether oxygens (including phenoxy) is 1. The molecular weight excluding hydrogens is 260 g/mol. The third-order valence-corrected chi connectivity index (χ3v) is 3.14. The quantitative estimate of drug-likeness (QED) is 0.911. The topological polar surface area (TPSA) is 76.1 Å². The minimum Gasteiger partial charge on any atom is -0.491 e. The first-order valence-corrected chi connectivity index (χ1v) is 6.59. The minimum atomic E-state index is 0.317. The molecule has 0 unspecified atom stereocenters. The zero-order valence-corrected chi connectivity index (χ0v) is 11.2. The maximum absolute atomic E-state index is 9.97. The van der Waals surface area contributed by atoms with E-state index in [0.717, 1.165) is 22.9 Å². The van der Waals surface area contributed by atoms with Gasteiger partial charge in [-0.15, -0.1) is 9.69 Å². The van der Waals surface area contributed by atoms with Gasteiger partial charge in [0.25, 0.3) is 5.69 Å². The summed E-state index contributed by atoms with van der Waals surface area (Å²) in [5.74, 6) is 1.30. The highest BCUT2D eigenvalue weighted by atomic mass is 16.6. The van der Waals surface area contributed by atoms with Crippen molar-refractivity contribution in [1.29, 1.82) is 0 Å². The fourth-order valence-electron chi connectivity index (χ4n) is 2.21. The van der Waals surface area contributed by atoms with E-state index in [0.29, 0.717) is 31.3 Å². The van der Waals surface area contributed by atoms with Gasteiger partial charge < -0.3 is 9.64 Å². The van der Waals surface area contributed by atoms with Gasteiger partial charge in [-0.25, -0.2) is 5.21 Å². The minimum absolute atomic E-state index is 0.317. The van der Waals surface area contributed by atoms with Gasteiger partial charge in [0.05, 0.1) is 24.0 Å². The molecule has 0 fully saturated rings. The summed E-state index contributed by atoms with van der Waals surface area (Å²) in [7, 11) is 0. The molecule has 0 bridgehead atoms.